The monoisotopic (exact) mass is 587 g/mol. The van der Waals surface area contributed by atoms with E-state index in [0.29, 0.717) is 24.5 Å². The van der Waals surface area contributed by atoms with Gasteiger partial charge in [-0.2, -0.15) is 4.31 Å². The summed E-state index contributed by atoms with van der Waals surface area (Å²) in [6, 6.07) is 16.8. The summed E-state index contributed by atoms with van der Waals surface area (Å²) in [4.78, 5) is 13.3. The van der Waals surface area contributed by atoms with E-state index in [2.05, 4.69) is 5.32 Å². The van der Waals surface area contributed by atoms with Crippen LogP contribution in [0.3, 0.4) is 0 Å². The topological polar surface area (TPSA) is 122 Å². The van der Waals surface area contributed by atoms with Crippen LogP contribution in [-0.4, -0.2) is 60.9 Å². The van der Waals surface area contributed by atoms with E-state index in [4.69, 9.17) is 9.47 Å². The van der Waals surface area contributed by atoms with Gasteiger partial charge in [-0.25, -0.2) is 16.8 Å². The molecule has 12 heteroatoms. The number of carbonyl (C=O) groups is 1. The maximum absolute atomic E-state index is 13.8. The van der Waals surface area contributed by atoms with E-state index in [1.54, 1.807) is 24.3 Å². The summed E-state index contributed by atoms with van der Waals surface area (Å²) in [7, 11) is -4.97. The number of methoxy groups -OCH3 is 2. The molecule has 0 atom stereocenters. The minimum atomic E-state index is -4.20. The quantitative estimate of drug-likeness (QED) is 0.380. The van der Waals surface area contributed by atoms with Crippen LogP contribution in [0, 0.1) is 6.92 Å². The van der Waals surface area contributed by atoms with Gasteiger partial charge >= 0.3 is 0 Å². The van der Waals surface area contributed by atoms with E-state index in [9.17, 15) is 21.6 Å². The van der Waals surface area contributed by atoms with Gasteiger partial charge in [0.05, 0.1) is 29.7 Å². The van der Waals surface area contributed by atoms with E-state index >= 15 is 0 Å². The lowest BCUT2D eigenvalue weighted by molar-refractivity contribution is -0.114. The van der Waals surface area contributed by atoms with Gasteiger partial charge in [-0.3, -0.25) is 9.10 Å². The smallest absolute Gasteiger partial charge is 0.264 e. The van der Waals surface area contributed by atoms with Crippen LogP contribution in [0.4, 0.5) is 11.4 Å². The summed E-state index contributed by atoms with van der Waals surface area (Å²) in [6.07, 6.45) is 2.66. The van der Waals surface area contributed by atoms with Crippen molar-refractivity contribution in [1.82, 2.24) is 4.31 Å². The first-order valence-corrected chi connectivity index (χ1v) is 15.7. The average Bonchev–Trinajstić information content (AvgIpc) is 2.96. The number of amides is 1. The number of hydrogen-bond donors (Lipinski definition) is 1. The highest BCUT2D eigenvalue weighted by Gasteiger charge is 2.30. The fraction of sp³-hybridized carbons (Fsp3) is 0.321. The number of hydrogen-bond acceptors (Lipinski definition) is 7. The predicted molar refractivity (Wildman–Crippen MR) is 153 cm³/mol. The standard InChI is InChI=1S/C28H33N3O7S2/c1-21-7-12-25(13-8-21)40(35,36)31(26-19-23(37-2)11-16-27(26)38-3)20-28(32)29-22-9-14-24(15-10-22)39(33,34)30-17-5-4-6-18-30/h7-16,19H,4-6,17-18,20H2,1-3H3,(H,29,32). The summed E-state index contributed by atoms with van der Waals surface area (Å²) in [6.45, 7) is 2.24. The molecule has 1 heterocycles. The molecule has 0 aromatic heterocycles. The summed E-state index contributed by atoms with van der Waals surface area (Å²) in [5.74, 6) is -0.0189. The Hall–Kier alpha value is -3.61. The van der Waals surface area contributed by atoms with Gasteiger partial charge in [-0.1, -0.05) is 24.1 Å². The van der Waals surface area contributed by atoms with E-state index in [1.807, 2.05) is 6.92 Å². The molecule has 10 nitrogen and oxygen atoms in total. The van der Waals surface area contributed by atoms with Crippen LogP contribution in [-0.2, 0) is 24.8 Å². The minimum Gasteiger partial charge on any atom is -0.497 e. The van der Waals surface area contributed by atoms with E-state index < -0.39 is 32.5 Å². The fourth-order valence-electron chi connectivity index (χ4n) is 4.42. The van der Waals surface area contributed by atoms with E-state index in [1.165, 1.54) is 61.0 Å². The number of benzene rings is 3. The first-order chi connectivity index (χ1) is 19.1. The molecular formula is C28H33N3O7S2. The summed E-state index contributed by atoms with van der Waals surface area (Å²) in [5.41, 5.74) is 1.33. The maximum Gasteiger partial charge on any atom is 0.264 e. The normalized spacial score (nSPS) is 14.4. The summed E-state index contributed by atoms with van der Waals surface area (Å²) >= 11 is 0. The number of anilines is 2. The maximum atomic E-state index is 13.8. The predicted octanol–water partition coefficient (Wildman–Crippen LogP) is 4.02. The van der Waals surface area contributed by atoms with Gasteiger partial charge in [0.25, 0.3) is 10.0 Å². The van der Waals surface area contributed by atoms with Crippen molar-refractivity contribution in [3.8, 4) is 11.5 Å². The molecule has 1 fully saturated rings. The molecule has 40 heavy (non-hydrogen) atoms. The van der Waals surface area contributed by atoms with E-state index in [-0.39, 0.29) is 21.2 Å². The largest absolute Gasteiger partial charge is 0.497 e. The Morgan fingerprint density at radius 1 is 0.850 bits per heavy atom. The zero-order valence-electron chi connectivity index (χ0n) is 22.7. The zero-order valence-corrected chi connectivity index (χ0v) is 24.3. The highest BCUT2D eigenvalue weighted by Crippen LogP contribution is 2.36. The van der Waals surface area contributed by atoms with Crippen molar-refractivity contribution in [3.63, 3.8) is 0 Å². The molecule has 214 valence electrons. The zero-order chi connectivity index (χ0) is 28.9. The van der Waals surface area contributed by atoms with Gasteiger partial charge in [-0.05, 0) is 68.3 Å². The van der Waals surface area contributed by atoms with Gasteiger partial charge in [0, 0.05) is 24.8 Å². The highest BCUT2D eigenvalue weighted by atomic mass is 32.2. The Morgan fingerprint density at radius 2 is 1.48 bits per heavy atom. The molecule has 3 aromatic carbocycles. The van der Waals surface area contributed by atoms with Crippen LogP contribution in [0.15, 0.2) is 76.5 Å². The molecule has 1 aliphatic heterocycles. The number of ether oxygens (including phenoxy) is 2. The van der Waals surface area contributed by atoms with Crippen molar-refractivity contribution >= 4 is 37.3 Å². The van der Waals surface area contributed by atoms with Crippen LogP contribution >= 0.6 is 0 Å². The number of aryl methyl sites for hydroxylation is 1. The molecule has 1 aliphatic rings. The highest BCUT2D eigenvalue weighted by molar-refractivity contribution is 7.93. The van der Waals surface area contributed by atoms with Crippen LogP contribution in [0.1, 0.15) is 24.8 Å². The number of nitrogens with one attached hydrogen (secondary N) is 1. The SMILES string of the molecule is COc1ccc(OC)c(N(CC(=O)Nc2ccc(S(=O)(=O)N3CCCCC3)cc2)S(=O)(=O)c2ccc(C)cc2)c1. The van der Waals surface area contributed by atoms with Crippen LogP contribution in [0.25, 0.3) is 0 Å². The lowest BCUT2D eigenvalue weighted by Gasteiger charge is -2.26. The second kappa shape index (κ2) is 12.3. The average molecular weight is 588 g/mol. The number of carbonyl (C=O) groups excluding carboxylic acids is 1. The molecule has 3 aromatic rings. The van der Waals surface area contributed by atoms with Crippen LogP contribution in [0.2, 0.25) is 0 Å². The third-order valence-electron chi connectivity index (χ3n) is 6.64. The Morgan fingerprint density at radius 3 is 2.08 bits per heavy atom. The fourth-order valence-corrected chi connectivity index (χ4v) is 7.36. The number of sulfonamides is 2. The van der Waals surface area contributed by atoms with Crippen molar-refractivity contribution in [2.24, 2.45) is 0 Å². The lowest BCUT2D eigenvalue weighted by Crippen LogP contribution is -2.38. The molecule has 1 saturated heterocycles. The van der Waals surface area contributed by atoms with Crippen LogP contribution in [0.5, 0.6) is 11.5 Å². The van der Waals surface area contributed by atoms with Crippen molar-refractivity contribution < 1.29 is 31.1 Å². The second-order valence-electron chi connectivity index (χ2n) is 9.40. The molecule has 0 bridgehead atoms. The molecule has 0 saturated carbocycles. The third kappa shape index (κ3) is 6.40. The minimum absolute atomic E-state index is 0.00282. The van der Waals surface area contributed by atoms with Gasteiger partial charge in [0.1, 0.15) is 18.0 Å². The molecular weight excluding hydrogens is 554 g/mol. The molecule has 0 aliphatic carbocycles. The second-order valence-corrected chi connectivity index (χ2v) is 13.2. The molecule has 1 amide bonds. The van der Waals surface area contributed by atoms with Gasteiger partial charge in [-0.15, -0.1) is 0 Å². The molecule has 0 radical (unpaired) electrons. The Balaban J connectivity index is 1.61. The Bertz CT molecular complexity index is 1550. The molecule has 4 rings (SSSR count). The van der Waals surface area contributed by atoms with Gasteiger partial charge in [0.2, 0.25) is 15.9 Å². The Kier molecular flexibility index (Phi) is 9.02. The molecule has 0 spiro atoms. The lowest BCUT2D eigenvalue weighted by atomic mass is 10.2. The third-order valence-corrected chi connectivity index (χ3v) is 10.3. The van der Waals surface area contributed by atoms with E-state index in [0.717, 1.165) is 29.1 Å². The Labute approximate surface area is 235 Å². The number of piperidine rings is 1. The van der Waals surface area contributed by atoms with Crippen molar-refractivity contribution in [2.75, 3.05) is 43.5 Å². The first kappa shape index (κ1) is 29.4. The van der Waals surface area contributed by atoms with Crippen LogP contribution < -0.4 is 19.1 Å². The summed E-state index contributed by atoms with van der Waals surface area (Å²) < 4.78 is 66.6. The van der Waals surface area contributed by atoms with Gasteiger partial charge < -0.3 is 14.8 Å². The van der Waals surface area contributed by atoms with Gasteiger partial charge in [0.15, 0.2) is 0 Å². The van der Waals surface area contributed by atoms with Crippen molar-refractivity contribution in [3.05, 3.63) is 72.3 Å². The first-order valence-electron chi connectivity index (χ1n) is 12.8. The number of rotatable bonds is 10. The van der Waals surface area contributed by atoms with Crippen molar-refractivity contribution in [1.29, 1.82) is 0 Å². The number of nitrogens with zero attached hydrogens (tertiary/aromatic N) is 2. The molecule has 0 unspecified atom stereocenters. The summed E-state index contributed by atoms with van der Waals surface area (Å²) in [5, 5.41) is 2.67. The van der Waals surface area contributed by atoms with Crippen molar-refractivity contribution in [2.45, 2.75) is 36.0 Å². The molecule has 1 N–H and O–H groups in total.